The number of hydrogen-bond acceptors (Lipinski definition) is 2. The van der Waals surface area contributed by atoms with Crippen molar-refractivity contribution in [2.45, 2.75) is 57.8 Å². The summed E-state index contributed by atoms with van der Waals surface area (Å²) in [5.41, 5.74) is 0. The molecule has 2 N–H and O–H groups in total. The second-order valence-electron chi connectivity index (χ2n) is 5.84. The van der Waals surface area contributed by atoms with Crippen LogP contribution in [-0.4, -0.2) is 38.6 Å². The van der Waals surface area contributed by atoms with Crippen LogP contribution >= 0.6 is 0 Å². The largest absolute Gasteiger partial charge is 0.465 e. The van der Waals surface area contributed by atoms with Gasteiger partial charge in [-0.15, -0.1) is 0 Å². The van der Waals surface area contributed by atoms with E-state index < -0.39 is 33.3 Å². The second-order valence-corrected chi connectivity index (χ2v) is 10.7. The van der Waals surface area contributed by atoms with Crippen molar-refractivity contribution in [3.63, 3.8) is 0 Å². The summed E-state index contributed by atoms with van der Waals surface area (Å²) in [7, 11) is -2.05. The zero-order chi connectivity index (χ0) is 14.6. The van der Waals surface area contributed by atoms with Gasteiger partial charge in [0.15, 0.2) is 8.32 Å². The van der Waals surface area contributed by atoms with E-state index in [1.807, 2.05) is 33.9 Å². The molecule has 0 unspecified atom stereocenters. The lowest BCUT2D eigenvalue weighted by Crippen LogP contribution is -2.46. The molecule has 0 spiro atoms. The zero-order valence-corrected chi connectivity index (χ0v) is 12.6. The van der Waals surface area contributed by atoms with Gasteiger partial charge in [0.1, 0.15) is 0 Å². The molecule has 0 radical (unpaired) electrons. The molecule has 0 rings (SSSR count). The molecule has 4 nitrogen and oxygen atoms in total. The first-order chi connectivity index (χ1) is 7.95. The van der Waals surface area contributed by atoms with Crippen molar-refractivity contribution in [1.29, 1.82) is 0 Å². The van der Waals surface area contributed by atoms with Crippen LogP contribution in [0.4, 0.5) is 13.6 Å². The molecule has 7 heteroatoms. The Balaban J connectivity index is 4.46. The van der Waals surface area contributed by atoms with Gasteiger partial charge in [-0.05, 0) is 18.1 Å². The highest BCUT2D eigenvalue weighted by molar-refractivity contribution is 6.74. The van der Waals surface area contributed by atoms with Crippen molar-refractivity contribution >= 4 is 14.4 Å². The van der Waals surface area contributed by atoms with E-state index in [0.717, 1.165) is 0 Å². The molecule has 0 fully saturated rings. The molecule has 1 amide bonds. The molecule has 0 aliphatic heterocycles. The first-order valence-corrected chi connectivity index (χ1v) is 8.78. The number of carbonyl (C=O) groups is 1. The van der Waals surface area contributed by atoms with Gasteiger partial charge in [-0.1, -0.05) is 20.8 Å². The molecule has 108 valence electrons. The number of hydrogen-bond donors (Lipinski definition) is 2. The number of amides is 1. The highest BCUT2D eigenvalue weighted by atomic mass is 28.4. The predicted molar refractivity (Wildman–Crippen MR) is 68.7 cm³/mol. The Hall–Kier alpha value is -0.693. The Morgan fingerprint density at radius 2 is 1.89 bits per heavy atom. The van der Waals surface area contributed by atoms with E-state index in [9.17, 15) is 13.6 Å². The molecule has 0 saturated heterocycles. The third-order valence-electron chi connectivity index (χ3n) is 3.24. The van der Waals surface area contributed by atoms with E-state index in [1.54, 1.807) is 0 Å². The maximum Gasteiger partial charge on any atom is 0.404 e. The third kappa shape index (κ3) is 6.30. The fourth-order valence-electron chi connectivity index (χ4n) is 1.08. The molecule has 0 aliphatic rings. The third-order valence-corrected chi connectivity index (χ3v) is 7.74. The van der Waals surface area contributed by atoms with Crippen LogP contribution in [0.3, 0.4) is 0 Å². The van der Waals surface area contributed by atoms with Crippen LogP contribution in [0.5, 0.6) is 0 Å². The van der Waals surface area contributed by atoms with Crippen LogP contribution in [0.1, 0.15) is 27.2 Å². The van der Waals surface area contributed by atoms with Gasteiger partial charge < -0.3 is 14.8 Å². The normalized spacial score (nSPS) is 14.7. The quantitative estimate of drug-likeness (QED) is 0.735. The Labute approximate surface area is 108 Å². The minimum absolute atomic E-state index is 0.00681. The number of alkyl halides is 2. The molecule has 0 aliphatic carbocycles. The van der Waals surface area contributed by atoms with E-state index in [0.29, 0.717) is 0 Å². The highest BCUT2D eigenvalue weighted by Gasteiger charge is 2.37. The van der Waals surface area contributed by atoms with E-state index in [2.05, 4.69) is 5.32 Å². The summed E-state index contributed by atoms with van der Waals surface area (Å²) >= 11 is 0. The summed E-state index contributed by atoms with van der Waals surface area (Å²) in [6.45, 7) is 10.1. The van der Waals surface area contributed by atoms with Crippen molar-refractivity contribution in [2.24, 2.45) is 0 Å². The summed E-state index contributed by atoms with van der Waals surface area (Å²) < 4.78 is 30.4. The van der Waals surface area contributed by atoms with E-state index in [1.165, 1.54) is 0 Å². The molecule has 0 aromatic carbocycles. The van der Waals surface area contributed by atoms with Gasteiger partial charge in [0, 0.05) is 6.42 Å². The van der Waals surface area contributed by atoms with Gasteiger partial charge in [-0.25, -0.2) is 13.6 Å². The molecule has 1 atom stereocenters. The molecule has 0 heterocycles. The van der Waals surface area contributed by atoms with Gasteiger partial charge in [0.05, 0.1) is 12.6 Å². The number of carboxylic acid groups (broad SMARTS) is 1. The van der Waals surface area contributed by atoms with Crippen LogP contribution in [0.25, 0.3) is 0 Å². The van der Waals surface area contributed by atoms with Crippen LogP contribution in [0.15, 0.2) is 0 Å². The van der Waals surface area contributed by atoms with Crippen LogP contribution < -0.4 is 5.32 Å². The van der Waals surface area contributed by atoms with Crippen LogP contribution in [0, 0.1) is 0 Å². The summed E-state index contributed by atoms with van der Waals surface area (Å²) in [5, 5.41) is 10.6. The first-order valence-electron chi connectivity index (χ1n) is 5.87. The van der Waals surface area contributed by atoms with E-state index in [-0.39, 0.29) is 11.6 Å². The van der Waals surface area contributed by atoms with Crippen LogP contribution in [0.2, 0.25) is 18.1 Å². The molecule has 18 heavy (non-hydrogen) atoms. The van der Waals surface area contributed by atoms with Gasteiger partial charge in [0.25, 0.3) is 0 Å². The van der Waals surface area contributed by atoms with Gasteiger partial charge in [-0.3, -0.25) is 0 Å². The maximum absolute atomic E-state index is 12.3. The van der Waals surface area contributed by atoms with E-state index >= 15 is 0 Å². The highest BCUT2D eigenvalue weighted by Crippen LogP contribution is 2.36. The first kappa shape index (κ1) is 17.3. The monoisotopic (exact) mass is 283 g/mol. The Bertz CT molecular complexity index is 280. The summed E-state index contributed by atoms with van der Waals surface area (Å²) in [6.07, 6.45) is -4.38. The Kier molecular flexibility index (Phi) is 6.22. The minimum Gasteiger partial charge on any atom is -0.465 e. The lowest BCUT2D eigenvalue weighted by Gasteiger charge is -2.37. The predicted octanol–water partition coefficient (Wildman–Crippen LogP) is 3.30. The topological polar surface area (TPSA) is 58.6 Å². The molecular weight excluding hydrogens is 260 g/mol. The minimum atomic E-state index is -2.55. The summed E-state index contributed by atoms with van der Waals surface area (Å²) in [6, 6.07) is -0.864. The zero-order valence-electron chi connectivity index (χ0n) is 11.6. The molecular formula is C11H23F2NO3Si. The number of nitrogens with one attached hydrogen (secondary N) is 1. The lowest BCUT2D eigenvalue weighted by molar-refractivity contribution is 0.104. The van der Waals surface area contributed by atoms with Gasteiger partial charge in [0.2, 0.25) is 6.43 Å². The lowest BCUT2D eigenvalue weighted by atomic mass is 10.2. The Morgan fingerprint density at radius 1 is 1.39 bits per heavy atom. The average molecular weight is 283 g/mol. The maximum atomic E-state index is 12.3. The van der Waals surface area contributed by atoms with Gasteiger partial charge >= 0.3 is 6.09 Å². The smallest absolute Gasteiger partial charge is 0.404 e. The van der Waals surface area contributed by atoms with Crippen molar-refractivity contribution in [3.05, 3.63) is 0 Å². The SMILES string of the molecule is CC(C)(C)[Si](C)(C)OC[C@H](CC(F)F)NC(=O)O. The molecule has 0 aromatic rings. The fourth-order valence-corrected chi connectivity index (χ4v) is 2.13. The Morgan fingerprint density at radius 3 is 2.22 bits per heavy atom. The second kappa shape index (κ2) is 6.47. The average Bonchev–Trinajstić information content (AvgIpc) is 2.10. The molecule has 0 aromatic heterocycles. The number of rotatable bonds is 6. The summed E-state index contributed by atoms with van der Waals surface area (Å²) in [5.74, 6) is 0. The number of halogens is 2. The van der Waals surface area contributed by atoms with Crippen molar-refractivity contribution < 1.29 is 23.1 Å². The molecule has 0 bridgehead atoms. The van der Waals surface area contributed by atoms with E-state index in [4.69, 9.17) is 9.53 Å². The van der Waals surface area contributed by atoms with Gasteiger partial charge in [-0.2, -0.15) is 0 Å². The fraction of sp³-hybridized carbons (Fsp3) is 0.909. The summed E-state index contributed by atoms with van der Waals surface area (Å²) in [4.78, 5) is 10.5. The van der Waals surface area contributed by atoms with Crippen molar-refractivity contribution in [1.82, 2.24) is 5.32 Å². The standard InChI is InChI=1S/C11H23F2NO3Si/c1-11(2,3)18(4,5)17-7-8(6-9(12)13)14-10(15)16/h8-9,14H,6-7H2,1-5H3,(H,15,16)/t8-/m0/s1. The van der Waals surface area contributed by atoms with Crippen molar-refractivity contribution in [2.75, 3.05) is 6.61 Å². The van der Waals surface area contributed by atoms with Crippen molar-refractivity contribution in [3.8, 4) is 0 Å². The molecule has 0 saturated carbocycles. The van der Waals surface area contributed by atoms with Crippen LogP contribution in [-0.2, 0) is 4.43 Å².